The van der Waals surface area contributed by atoms with Gasteiger partial charge in [-0.25, -0.2) is 0 Å². The Bertz CT molecular complexity index is 573. The smallest absolute Gasteiger partial charge is 0.271 e. The van der Waals surface area contributed by atoms with E-state index in [0.717, 1.165) is 25.0 Å². The van der Waals surface area contributed by atoms with Gasteiger partial charge in [0.1, 0.15) is 0 Å². The van der Waals surface area contributed by atoms with Gasteiger partial charge in [0.15, 0.2) is 0 Å². The number of non-ortho nitro benzene ring substituents is 1. The summed E-state index contributed by atoms with van der Waals surface area (Å²) in [4.78, 5) is 22.4. The van der Waals surface area contributed by atoms with Crippen LogP contribution < -0.4 is 11.1 Å². The summed E-state index contributed by atoms with van der Waals surface area (Å²) < 4.78 is 5.49. The van der Waals surface area contributed by atoms with Gasteiger partial charge in [-0.1, -0.05) is 11.6 Å². The molecule has 1 fully saturated rings. The van der Waals surface area contributed by atoms with Crippen molar-refractivity contribution >= 4 is 28.9 Å². The lowest BCUT2D eigenvalue weighted by atomic mass is 10.1. The molecule has 0 saturated carbocycles. The predicted octanol–water partition coefficient (Wildman–Crippen LogP) is 2.13. The van der Waals surface area contributed by atoms with E-state index in [0.29, 0.717) is 6.61 Å². The van der Waals surface area contributed by atoms with Gasteiger partial charge in [-0.15, -0.1) is 0 Å². The zero-order valence-electron chi connectivity index (χ0n) is 11.5. The van der Waals surface area contributed by atoms with Crippen LogP contribution in [0.2, 0.25) is 5.02 Å². The number of hydrogen-bond donors (Lipinski definition) is 2. The van der Waals surface area contributed by atoms with Crippen molar-refractivity contribution in [3.63, 3.8) is 0 Å². The van der Waals surface area contributed by atoms with E-state index in [2.05, 4.69) is 5.32 Å². The topological polar surface area (TPSA) is 107 Å². The summed E-state index contributed by atoms with van der Waals surface area (Å²) in [6.07, 6.45) is 1.77. The lowest BCUT2D eigenvalue weighted by molar-refractivity contribution is -0.384. The number of ether oxygens (including phenoxy) is 1. The fraction of sp³-hybridized carbons (Fsp3) is 0.462. The first-order valence-corrected chi connectivity index (χ1v) is 6.94. The number of carbonyl (C=O) groups excluding carboxylic acids is 1. The average molecular weight is 314 g/mol. The van der Waals surface area contributed by atoms with Crippen LogP contribution in [0.5, 0.6) is 0 Å². The lowest BCUT2D eigenvalue weighted by Crippen LogP contribution is -2.41. The number of nitrogen functional groups attached to an aromatic ring is 1. The van der Waals surface area contributed by atoms with Crippen molar-refractivity contribution in [2.45, 2.75) is 31.9 Å². The molecule has 1 aromatic rings. The highest BCUT2D eigenvalue weighted by atomic mass is 35.5. The molecule has 0 spiro atoms. The fourth-order valence-corrected chi connectivity index (χ4v) is 2.48. The lowest BCUT2D eigenvalue weighted by Gasteiger charge is -2.20. The van der Waals surface area contributed by atoms with Gasteiger partial charge in [0, 0.05) is 18.7 Å². The van der Waals surface area contributed by atoms with Gasteiger partial charge < -0.3 is 15.8 Å². The second-order valence-corrected chi connectivity index (χ2v) is 5.37. The number of hydrogen-bond acceptors (Lipinski definition) is 5. The fourth-order valence-electron chi connectivity index (χ4n) is 2.27. The summed E-state index contributed by atoms with van der Waals surface area (Å²) in [6.45, 7) is 2.50. The molecule has 2 unspecified atom stereocenters. The number of rotatable bonds is 4. The number of carbonyl (C=O) groups is 1. The molecule has 21 heavy (non-hydrogen) atoms. The van der Waals surface area contributed by atoms with Crippen LogP contribution in [0.4, 0.5) is 11.4 Å². The molecule has 0 bridgehead atoms. The van der Waals surface area contributed by atoms with Crippen molar-refractivity contribution in [1.29, 1.82) is 0 Å². The highest BCUT2D eigenvalue weighted by molar-refractivity contribution is 6.34. The van der Waals surface area contributed by atoms with Crippen LogP contribution in [0.15, 0.2) is 12.1 Å². The minimum absolute atomic E-state index is 0.000882. The third kappa shape index (κ3) is 3.43. The Balaban J connectivity index is 2.19. The number of nitro benzene ring substituents is 1. The molecule has 1 aromatic carbocycles. The summed E-state index contributed by atoms with van der Waals surface area (Å²) in [6, 6.07) is 2.04. The molecule has 3 N–H and O–H groups in total. The van der Waals surface area contributed by atoms with E-state index in [1.165, 1.54) is 0 Å². The molecular formula is C13H16ClN3O4. The van der Waals surface area contributed by atoms with Crippen LogP contribution in [0.25, 0.3) is 0 Å². The summed E-state index contributed by atoms with van der Waals surface area (Å²) >= 11 is 5.84. The van der Waals surface area contributed by atoms with E-state index in [1.54, 1.807) is 0 Å². The second kappa shape index (κ2) is 6.28. The van der Waals surface area contributed by atoms with Gasteiger partial charge in [0.25, 0.3) is 11.6 Å². The number of anilines is 1. The van der Waals surface area contributed by atoms with Gasteiger partial charge >= 0.3 is 0 Å². The minimum Gasteiger partial charge on any atom is -0.397 e. The predicted molar refractivity (Wildman–Crippen MR) is 78.4 cm³/mol. The number of nitrogens with two attached hydrogens (primary N) is 1. The van der Waals surface area contributed by atoms with E-state index in [1.807, 2.05) is 6.92 Å². The molecule has 0 aromatic heterocycles. The molecule has 1 amide bonds. The minimum atomic E-state index is -0.619. The summed E-state index contributed by atoms with van der Waals surface area (Å²) in [5.41, 5.74) is 5.49. The van der Waals surface area contributed by atoms with Crippen LogP contribution in [0, 0.1) is 10.1 Å². The first-order chi connectivity index (χ1) is 9.90. The van der Waals surface area contributed by atoms with Crippen LogP contribution in [0.3, 0.4) is 0 Å². The molecule has 1 saturated heterocycles. The van der Waals surface area contributed by atoms with Crippen molar-refractivity contribution in [1.82, 2.24) is 5.32 Å². The molecule has 7 nitrogen and oxygen atoms in total. The van der Waals surface area contributed by atoms with E-state index < -0.39 is 10.8 Å². The van der Waals surface area contributed by atoms with Crippen LogP contribution >= 0.6 is 11.6 Å². The largest absolute Gasteiger partial charge is 0.397 e. The van der Waals surface area contributed by atoms with Gasteiger partial charge in [0.2, 0.25) is 0 Å². The standard InChI is InChI=1S/C13H16ClN3O4/c1-7(11-3-2-4-21-11)16-13(18)9-5-8(17(19)20)6-10(14)12(9)15/h5-7,11H,2-4,15H2,1H3,(H,16,18). The van der Waals surface area contributed by atoms with Crippen LogP contribution in [-0.2, 0) is 4.74 Å². The maximum Gasteiger partial charge on any atom is 0.271 e. The van der Waals surface area contributed by atoms with E-state index in [4.69, 9.17) is 22.1 Å². The number of nitro groups is 1. The quantitative estimate of drug-likeness (QED) is 0.503. The molecule has 2 atom stereocenters. The molecule has 1 aliphatic heterocycles. The van der Waals surface area contributed by atoms with Gasteiger partial charge in [0.05, 0.1) is 33.3 Å². The normalized spacial score (nSPS) is 19.2. The van der Waals surface area contributed by atoms with Crippen LogP contribution in [-0.4, -0.2) is 29.6 Å². The van der Waals surface area contributed by atoms with Gasteiger partial charge in [-0.05, 0) is 19.8 Å². The molecule has 8 heteroatoms. The number of benzene rings is 1. The number of amides is 1. The van der Waals surface area contributed by atoms with Gasteiger partial charge in [-0.3, -0.25) is 14.9 Å². The van der Waals surface area contributed by atoms with Crippen molar-refractivity contribution in [2.75, 3.05) is 12.3 Å². The number of nitrogens with zero attached hydrogens (tertiary/aromatic N) is 1. The Morgan fingerprint density at radius 1 is 1.62 bits per heavy atom. The molecule has 2 rings (SSSR count). The number of nitrogens with one attached hydrogen (secondary N) is 1. The van der Waals surface area contributed by atoms with Crippen molar-refractivity contribution in [3.8, 4) is 0 Å². The Morgan fingerprint density at radius 3 is 2.90 bits per heavy atom. The van der Waals surface area contributed by atoms with Crippen molar-refractivity contribution < 1.29 is 14.5 Å². The van der Waals surface area contributed by atoms with E-state index >= 15 is 0 Å². The Labute approximate surface area is 126 Å². The molecule has 0 radical (unpaired) electrons. The Kier molecular flexibility index (Phi) is 4.64. The molecule has 1 aliphatic rings. The Hall–Kier alpha value is -1.86. The maximum atomic E-state index is 12.2. The third-order valence-electron chi connectivity index (χ3n) is 3.45. The second-order valence-electron chi connectivity index (χ2n) is 4.96. The summed E-state index contributed by atoms with van der Waals surface area (Å²) in [5, 5.41) is 13.6. The molecule has 1 heterocycles. The van der Waals surface area contributed by atoms with E-state index in [-0.39, 0.29) is 34.1 Å². The number of halogens is 1. The molecule has 0 aliphatic carbocycles. The highest BCUT2D eigenvalue weighted by Gasteiger charge is 2.26. The average Bonchev–Trinajstić information content (AvgIpc) is 2.95. The first-order valence-electron chi connectivity index (χ1n) is 6.56. The molecular weight excluding hydrogens is 298 g/mol. The SMILES string of the molecule is CC(NC(=O)c1cc([N+](=O)[O-])cc(Cl)c1N)C1CCCO1. The van der Waals surface area contributed by atoms with Crippen molar-refractivity contribution in [3.05, 3.63) is 32.8 Å². The van der Waals surface area contributed by atoms with Crippen LogP contribution in [0.1, 0.15) is 30.1 Å². The summed E-state index contributed by atoms with van der Waals surface area (Å²) in [5.74, 6) is -0.499. The zero-order chi connectivity index (χ0) is 15.6. The third-order valence-corrected chi connectivity index (χ3v) is 3.76. The van der Waals surface area contributed by atoms with Gasteiger partial charge in [-0.2, -0.15) is 0 Å². The summed E-state index contributed by atoms with van der Waals surface area (Å²) in [7, 11) is 0. The van der Waals surface area contributed by atoms with E-state index in [9.17, 15) is 14.9 Å². The highest BCUT2D eigenvalue weighted by Crippen LogP contribution is 2.29. The Morgan fingerprint density at radius 2 is 2.33 bits per heavy atom. The maximum absolute atomic E-state index is 12.2. The monoisotopic (exact) mass is 313 g/mol. The zero-order valence-corrected chi connectivity index (χ0v) is 12.2. The first kappa shape index (κ1) is 15.5. The molecule has 114 valence electrons. The van der Waals surface area contributed by atoms with Crippen molar-refractivity contribution in [2.24, 2.45) is 0 Å².